The van der Waals surface area contributed by atoms with E-state index in [0.717, 1.165) is 5.56 Å². The highest BCUT2D eigenvalue weighted by molar-refractivity contribution is 6.08. The smallest absolute Gasteiger partial charge is 0.335 e. The molecule has 1 amide bonds. The highest BCUT2D eigenvalue weighted by Gasteiger charge is 2.26. The molecule has 2 N–H and O–H groups in total. The molecule has 1 heterocycles. The lowest BCUT2D eigenvalue weighted by atomic mass is 9.98. The maximum absolute atomic E-state index is 12.5. The number of aromatic carboxylic acids is 1. The fourth-order valence-electron chi connectivity index (χ4n) is 2.53. The summed E-state index contributed by atoms with van der Waals surface area (Å²) in [5, 5.41) is 18.5. The fourth-order valence-corrected chi connectivity index (χ4v) is 2.53. The molecule has 2 aromatic carbocycles. The van der Waals surface area contributed by atoms with Crippen molar-refractivity contribution < 1.29 is 19.8 Å². The topological polar surface area (TPSA) is 77.8 Å². The molecule has 5 heteroatoms. The summed E-state index contributed by atoms with van der Waals surface area (Å²) in [5.41, 5.74) is 2.07. The van der Waals surface area contributed by atoms with Crippen LogP contribution >= 0.6 is 0 Å². The standard InChI is InChI=1S/C16H13NO4/c18-13-4-5-14-10(9-13)6-7-17(15(14)19)12-3-1-2-11(8-12)16(20)21/h1-5,8-9,18H,6-7H2,(H,20,21). The molecule has 1 aliphatic rings. The van der Waals surface area contributed by atoms with E-state index in [0.29, 0.717) is 24.2 Å². The Balaban J connectivity index is 1.98. The van der Waals surface area contributed by atoms with Crippen molar-refractivity contribution >= 4 is 17.6 Å². The summed E-state index contributed by atoms with van der Waals surface area (Å²) in [6, 6.07) is 11.0. The van der Waals surface area contributed by atoms with Crippen LogP contribution in [0.15, 0.2) is 42.5 Å². The molecule has 0 radical (unpaired) electrons. The second-order valence-corrected chi connectivity index (χ2v) is 4.90. The van der Waals surface area contributed by atoms with Gasteiger partial charge in [0, 0.05) is 17.8 Å². The second kappa shape index (κ2) is 4.94. The molecule has 5 nitrogen and oxygen atoms in total. The van der Waals surface area contributed by atoms with Crippen LogP contribution in [0, 0.1) is 0 Å². The van der Waals surface area contributed by atoms with Gasteiger partial charge in [-0.05, 0) is 48.4 Å². The third kappa shape index (κ3) is 2.33. The number of hydrogen-bond donors (Lipinski definition) is 2. The van der Waals surface area contributed by atoms with E-state index in [9.17, 15) is 14.7 Å². The summed E-state index contributed by atoms with van der Waals surface area (Å²) in [7, 11) is 0. The number of carbonyl (C=O) groups is 2. The highest BCUT2D eigenvalue weighted by Crippen LogP contribution is 2.27. The minimum absolute atomic E-state index is 0.142. The van der Waals surface area contributed by atoms with Crippen LogP contribution in [-0.2, 0) is 6.42 Å². The van der Waals surface area contributed by atoms with Crippen molar-refractivity contribution in [3.05, 3.63) is 59.2 Å². The summed E-state index contributed by atoms with van der Waals surface area (Å²) in [6.45, 7) is 0.457. The van der Waals surface area contributed by atoms with E-state index in [-0.39, 0.29) is 17.2 Å². The number of carboxylic acid groups (broad SMARTS) is 1. The maximum atomic E-state index is 12.5. The summed E-state index contributed by atoms with van der Waals surface area (Å²) in [4.78, 5) is 25.1. The summed E-state index contributed by atoms with van der Waals surface area (Å²) >= 11 is 0. The van der Waals surface area contributed by atoms with Gasteiger partial charge >= 0.3 is 5.97 Å². The minimum Gasteiger partial charge on any atom is -0.508 e. The van der Waals surface area contributed by atoms with E-state index in [4.69, 9.17) is 5.11 Å². The van der Waals surface area contributed by atoms with Gasteiger partial charge in [0.1, 0.15) is 5.75 Å². The van der Waals surface area contributed by atoms with Crippen molar-refractivity contribution in [3.63, 3.8) is 0 Å². The number of fused-ring (bicyclic) bond motifs is 1. The average Bonchev–Trinajstić information content (AvgIpc) is 2.47. The van der Waals surface area contributed by atoms with E-state index >= 15 is 0 Å². The van der Waals surface area contributed by atoms with Gasteiger partial charge < -0.3 is 15.1 Å². The highest BCUT2D eigenvalue weighted by atomic mass is 16.4. The molecule has 2 aromatic rings. The van der Waals surface area contributed by atoms with Gasteiger partial charge in [0.25, 0.3) is 5.91 Å². The molecule has 3 rings (SSSR count). The Kier molecular flexibility index (Phi) is 3.10. The van der Waals surface area contributed by atoms with Gasteiger partial charge in [-0.3, -0.25) is 4.79 Å². The van der Waals surface area contributed by atoms with E-state index < -0.39 is 5.97 Å². The van der Waals surface area contributed by atoms with Crippen molar-refractivity contribution in [2.24, 2.45) is 0 Å². The van der Waals surface area contributed by atoms with Gasteiger partial charge in [-0.25, -0.2) is 4.79 Å². The number of nitrogens with zero attached hydrogens (tertiary/aromatic N) is 1. The molecule has 0 bridgehead atoms. The number of aromatic hydroxyl groups is 1. The van der Waals surface area contributed by atoms with E-state index in [1.165, 1.54) is 18.2 Å². The van der Waals surface area contributed by atoms with Crippen molar-refractivity contribution in [1.82, 2.24) is 0 Å². The monoisotopic (exact) mass is 283 g/mol. The minimum atomic E-state index is -1.02. The van der Waals surface area contributed by atoms with Crippen LogP contribution in [0.5, 0.6) is 5.75 Å². The van der Waals surface area contributed by atoms with Crippen LogP contribution in [0.1, 0.15) is 26.3 Å². The number of amides is 1. The molecule has 0 atom stereocenters. The molecule has 0 aliphatic carbocycles. The summed E-state index contributed by atoms with van der Waals surface area (Å²) in [5.74, 6) is -1.06. The van der Waals surface area contributed by atoms with E-state index in [1.54, 1.807) is 29.2 Å². The zero-order chi connectivity index (χ0) is 15.0. The number of phenolic OH excluding ortho intramolecular Hbond substituents is 1. The van der Waals surface area contributed by atoms with Crippen molar-refractivity contribution in [1.29, 1.82) is 0 Å². The first-order valence-corrected chi connectivity index (χ1v) is 6.53. The van der Waals surface area contributed by atoms with Gasteiger partial charge in [-0.1, -0.05) is 6.07 Å². The molecule has 0 aromatic heterocycles. The van der Waals surface area contributed by atoms with Crippen LogP contribution in [0.2, 0.25) is 0 Å². The Labute approximate surface area is 121 Å². The summed E-state index contributed by atoms with van der Waals surface area (Å²) in [6.07, 6.45) is 0.618. The number of anilines is 1. The Morgan fingerprint density at radius 2 is 1.95 bits per heavy atom. The number of carboxylic acids is 1. The van der Waals surface area contributed by atoms with Crippen LogP contribution in [0.25, 0.3) is 0 Å². The normalized spacial score (nSPS) is 13.9. The number of carbonyl (C=O) groups excluding carboxylic acids is 1. The molecule has 106 valence electrons. The van der Waals surface area contributed by atoms with Crippen molar-refractivity contribution in [3.8, 4) is 5.75 Å². The second-order valence-electron chi connectivity index (χ2n) is 4.90. The Morgan fingerprint density at radius 3 is 2.71 bits per heavy atom. The van der Waals surface area contributed by atoms with Gasteiger partial charge in [-0.2, -0.15) is 0 Å². The van der Waals surface area contributed by atoms with E-state index in [2.05, 4.69) is 0 Å². The molecule has 0 spiro atoms. The van der Waals surface area contributed by atoms with Crippen LogP contribution in [0.3, 0.4) is 0 Å². The van der Waals surface area contributed by atoms with Crippen molar-refractivity contribution in [2.75, 3.05) is 11.4 Å². The molecule has 0 unspecified atom stereocenters. The molecular formula is C16H13NO4. The summed E-state index contributed by atoms with van der Waals surface area (Å²) < 4.78 is 0. The SMILES string of the molecule is O=C(O)c1cccc(N2CCc3cc(O)ccc3C2=O)c1. The first-order chi connectivity index (χ1) is 10.1. The Hall–Kier alpha value is -2.82. The van der Waals surface area contributed by atoms with Crippen LogP contribution < -0.4 is 4.90 Å². The third-order valence-corrected chi connectivity index (χ3v) is 3.57. The van der Waals surface area contributed by atoms with Crippen molar-refractivity contribution in [2.45, 2.75) is 6.42 Å². The van der Waals surface area contributed by atoms with Crippen LogP contribution in [-0.4, -0.2) is 28.6 Å². The molecule has 0 saturated carbocycles. The largest absolute Gasteiger partial charge is 0.508 e. The molecule has 0 saturated heterocycles. The quantitative estimate of drug-likeness (QED) is 0.886. The molecule has 1 aliphatic heterocycles. The Bertz CT molecular complexity index is 739. The first kappa shape index (κ1) is 13.2. The molecular weight excluding hydrogens is 270 g/mol. The van der Waals surface area contributed by atoms with Crippen LogP contribution in [0.4, 0.5) is 5.69 Å². The van der Waals surface area contributed by atoms with Gasteiger partial charge in [-0.15, -0.1) is 0 Å². The predicted octanol–water partition coefficient (Wildman–Crippen LogP) is 2.29. The zero-order valence-corrected chi connectivity index (χ0v) is 11.1. The zero-order valence-electron chi connectivity index (χ0n) is 11.1. The lowest BCUT2D eigenvalue weighted by Crippen LogP contribution is -2.37. The van der Waals surface area contributed by atoms with Gasteiger partial charge in [0.2, 0.25) is 0 Å². The lowest BCUT2D eigenvalue weighted by molar-refractivity contribution is 0.0696. The molecule has 0 fully saturated rings. The number of rotatable bonds is 2. The number of phenols is 1. The maximum Gasteiger partial charge on any atom is 0.335 e. The lowest BCUT2D eigenvalue weighted by Gasteiger charge is -2.28. The van der Waals surface area contributed by atoms with E-state index in [1.807, 2.05) is 0 Å². The number of hydrogen-bond acceptors (Lipinski definition) is 3. The van der Waals surface area contributed by atoms with Gasteiger partial charge in [0.15, 0.2) is 0 Å². The predicted molar refractivity (Wildman–Crippen MR) is 76.9 cm³/mol. The molecule has 21 heavy (non-hydrogen) atoms. The average molecular weight is 283 g/mol. The first-order valence-electron chi connectivity index (χ1n) is 6.53. The Morgan fingerprint density at radius 1 is 1.14 bits per heavy atom. The third-order valence-electron chi connectivity index (χ3n) is 3.57. The number of benzene rings is 2. The van der Waals surface area contributed by atoms with Gasteiger partial charge in [0.05, 0.1) is 5.56 Å². The fraction of sp³-hybridized carbons (Fsp3) is 0.125.